The Morgan fingerprint density at radius 2 is 1.82 bits per heavy atom. The van der Waals surface area contributed by atoms with Crippen molar-refractivity contribution in [3.05, 3.63) is 55.7 Å². The van der Waals surface area contributed by atoms with Gasteiger partial charge in [-0.2, -0.15) is 0 Å². The number of aryl methyl sites for hydroxylation is 3. The van der Waals surface area contributed by atoms with E-state index in [9.17, 15) is 14.4 Å². The molecule has 0 fully saturated rings. The molecule has 2 aromatic heterocycles. The molecule has 172 valence electrons. The predicted molar refractivity (Wildman–Crippen MR) is 130 cm³/mol. The van der Waals surface area contributed by atoms with Gasteiger partial charge in [-0.05, 0) is 45.1 Å². The first-order valence-corrected chi connectivity index (χ1v) is 12.4. The van der Waals surface area contributed by atoms with Gasteiger partial charge < -0.3 is 15.8 Å². The number of hydrogen-bond donors (Lipinski definition) is 2. The van der Waals surface area contributed by atoms with Gasteiger partial charge in [0, 0.05) is 15.3 Å². The molecule has 0 saturated heterocycles. The summed E-state index contributed by atoms with van der Waals surface area (Å²) in [6, 6.07) is 7.95. The number of ether oxygens (including phenoxy) is 1. The molecule has 1 aliphatic carbocycles. The average Bonchev–Trinajstić information content (AvgIpc) is 3.32. The molecule has 33 heavy (non-hydrogen) atoms. The van der Waals surface area contributed by atoms with E-state index in [1.807, 2.05) is 38.1 Å². The highest BCUT2D eigenvalue weighted by atomic mass is 32.1. The van der Waals surface area contributed by atoms with Crippen molar-refractivity contribution in [3.8, 4) is 11.3 Å². The Morgan fingerprint density at radius 3 is 2.55 bits per heavy atom. The van der Waals surface area contributed by atoms with E-state index in [2.05, 4.69) is 10.3 Å². The average molecular weight is 484 g/mol. The summed E-state index contributed by atoms with van der Waals surface area (Å²) < 4.78 is 5.22. The van der Waals surface area contributed by atoms with Crippen molar-refractivity contribution >= 4 is 45.5 Å². The Balaban J connectivity index is 1.39. The Morgan fingerprint density at radius 1 is 1.09 bits per heavy atom. The van der Waals surface area contributed by atoms with E-state index < -0.39 is 24.4 Å². The molecule has 2 heterocycles. The van der Waals surface area contributed by atoms with Crippen LogP contribution in [-0.2, 0) is 33.6 Å². The van der Waals surface area contributed by atoms with E-state index in [1.165, 1.54) is 22.7 Å². The first-order chi connectivity index (χ1) is 15.8. The van der Waals surface area contributed by atoms with Crippen LogP contribution in [0.4, 0.5) is 5.00 Å². The van der Waals surface area contributed by atoms with Crippen LogP contribution >= 0.6 is 22.7 Å². The minimum Gasteiger partial charge on any atom is -0.455 e. The summed E-state index contributed by atoms with van der Waals surface area (Å²) in [6.45, 7) is 3.47. The van der Waals surface area contributed by atoms with Gasteiger partial charge in [0.1, 0.15) is 5.00 Å². The number of hydrogen-bond acceptors (Lipinski definition) is 7. The van der Waals surface area contributed by atoms with Crippen LogP contribution in [0.25, 0.3) is 11.3 Å². The normalized spacial score (nSPS) is 12.8. The quantitative estimate of drug-likeness (QED) is 0.490. The fourth-order valence-electron chi connectivity index (χ4n) is 3.93. The van der Waals surface area contributed by atoms with Crippen LogP contribution in [-0.4, -0.2) is 29.4 Å². The second-order valence-electron chi connectivity index (χ2n) is 8.04. The van der Waals surface area contributed by atoms with E-state index in [1.54, 1.807) is 0 Å². The van der Waals surface area contributed by atoms with Gasteiger partial charge in [-0.1, -0.05) is 29.8 Å². The van der Waals surface area contributed by atoms with Crippen molar-refractivity contribution in [1.29, 1.82) is 0 Å². The lowest BCUT2D eigenvalue weighted by Gasteiger charge is -2.11. The highest BCUT2D eigenvalue weighted by Gasteiger charge is 2.25. The molecule has 0 aliphatic heterocycles. The Bertz CT molecular complexity index is 1210. The zero-order valence-electron chi connectivity index (χ0n) is 18.5. The number of esters is 1. The number of thiophene rings is 1. The maximum atomic E-state index is 12.5. The molecule has 9 heteroatoms. The van der Waals surface area contributed by atoms with Gasteiger partial charge in [-0.15, -0.1) is 22.7 Å². The van der Waals surface area contributed by atoms with Gasteiger partial charge >= 0.3 is 5.97 Å². The fraction of sp³-hybridized carbons (Fsp3) is 0.333. The Labute approximate surface area is 200 Å². The molecule has 1 aromatic carbocycles. The first-order valence-electron chi connectivity index (χ1n) is 10.7. The van der Waals surface area contributed by atoms with E-state index in [4.69, 9.17) is 10.5 Å². The summed E-state index contributed by atoms with van der Waals surface area (Å²) in [5.74, 6) is -1.56. The minimum absolute atomic E-state index is 0.0296. The summed E-state index contributed by atoms with van der Waals surface area (Å²) in [5.41, 5.74) is 9.73. The number of nitrogens with two attached hydrogens (primary N) is 1. The molecule has 3 aromatic rings. The first kappa shape index (κ1) is 23.1. The van der Waals surface area contributed by atoms with Crippen LogP contribution < -0.4 is 11.1 Å². The largest absolute Gasteiger partial charge is 0.455 e. The number of primary amides is 1. The minimum atomic E-state index is -0.550. The molecule has 0 atom stereocenters. The van der Waals surface area contributed by atoms with Gasteiger partial charge in [0.25, 0.3) is 11.8 Å². The fourth-order valence-corrected chi connectivity index (χ4v) is 6.19. The topological polar surface area (TPSA) is 111 Å². The number of benzene rings is 1. The number of carbonyl (C=O) groups is 3. The van der Waals surface area contributed by atoms with Crippen molar-refractivity contribution in [2.45, 2.75) is 46.0 Å². The van der Waals surface area contributed by atoms with Crippen LogP contribution in [0.1, 0.15) is 49.1 Å². The van der Waals surface area contributed by atoms with Gasteiger partial charge in [-0.25, -0.2) is 4.98 Å². The third kappa shape index (κ3) is 5.31. The molecular weight excluding hydrogens is 458 g/mol. The van der Waals surface area contributed by atoms with Crippen LogP contribution in [0.3, 0.4) is 0 Å². The molecule has 2 amide bonds. The lowest BCUT2D eigenvalue weighted by molar-refractivity contribution is -0.146. The van der Waals surface area contributed by atoms with Crippen LogP contribution in [0, 0.1) is 13.8 Å². The van der Waals surface area contributed by atoms with Gasteiger partial charge in [-0.3, -0.25) is 14.4 Å². The molecule has 4 rings (SSSR count). The van der Waals surface area contributed by atoms with Crippen molar-refractivity contribution in [1.82, 2.24) is 4.98 Å². The van der Waals surface area contributed by atoms with Crippen LogP contribution in [0.2, 0.25) is 0 Å². The molecule has 0 radical (unpaired) electrons. The molecule has 3 N–H and O–H groups in total. The smallest absolute Gasteiger partial charge is 0.311 e. The number of thiazole rings is 1. The number of aromatic nitrogens is 1. The predicted octanol–water partition coefficient (Wildman–Crippen LogP) is 4.19. The molecule has 0 bridgehead atoms. The third-order valence-corrected chi connectivity index (χ3v) is 7.65. The standard InChI is InChI=1S/C24H25N3O4S2/c1-13-7-9-15(10-8-13)22-18(32-14(2)26-22)11-20(29)31-12-19(28)27-24-21(23(25)30)16-5-3-4-6-17(16)33-24/h7-10H,3-6,11-12H2,1-2H3,(H2,25,30)(H,27,28). The van der Waals surface area contributed by atoms with Gasteiger partial charge in [0.05, 0.1) is 22.7 Å². The summed E-state index contributed by atoms with van der Waals surface area (Å²) in [4.78, 5) is 43.3. The summed E-state index contributed by atoms with van der Waals surface area (Å²) in [5, 5.41) is 4.00. The zero-order valence-corrected chi connectivity index (χ0v) is 20.2. The third-order valence-electron chi connectivity index (χ3n) is 5.47. The lowest BCUT2D eigenvalue weighted by atomic mass is 9.95. The molecule has 0 unspecified atom stereocenters. The molecule has 1 aliphatic rings. The van der Waals surface area contributed by atoms with Gasteiger partial charge in [0.2, 0.25) is 0 Å². The Hall–Kier alpha value is -3.04. The van der Waals surface area contributed by atoms with Gasteiger partial charge in [0.15, 0.2) is 6.61 Å². The number of fused-ring (bicyclic) bond motifs is 1. The number of anilines is 1. The molecule has 0 spiro atoms. The van der Waals surface area contributed by atoms with Crippen molar-refractivity contribution in [3.63, 3.8) is 0 Å². The van der Waals surface area contributed by atoms with Crippen molar-refractivity contribution in [2.75, 3.05) is 11.9 Å². The number of nitrogens with one attached hydrogen (secondary N) is 1. The Kier molecular flexibility index (Phi) is 6.90. The van der Waals surface area contributed by atoms with E-state index in [-0.39, 0.29) is 6.42 Å². The van der Waals surface area contributed by atoms with Crippen LogP contribution in [0.15, 0.2) is 24.3 Å². The van der Waals surface area contributed by atoms with Crippen molar-refractivity contribution in [2.24, 2.45) is 5.73 Å². The van der Waals surface area contributed by atoms with Crippen LogP contribution in [0.5, 0.6) is 0 Å². The second kappa shape index (κ2) is 9.84. The molecule has 0 saturated carbocycles. The molecule has 7 nitrogen and oxygen atoms in total. The summed E-state index contributed by atoms with van der Waals surface area (Å²) in [6.07, 6.45) is 3.74. The zero-order chi connectivity index (χ0) is 23.5. The van der Waals surface area contributed by atoms with Crippen molar-refractivity contribution < 1.29 is 19.1 Å². The maximum Gasteiger partial charge on any atom is 0.311 e. The highest BCUT2D eigenvalue weighted by molar-refractivity contribution is 7.17. The van der Waals surface area contributed by atoms with E-state index in [0.717, 1.165) is 62.8 Å². The summed E-state index contributed by atoms with van der Waals surface area (Å²) >= 11 is 2.82. The lowest BCUT2D eigenvalue weighted by Crippen LogP contribution is -2.23. The monoisotopic (exact) mass is 483 g/mol. The SMILES string of the molecule is Cc1ccc(-c2nc(C)sc2CC(=O)OCC(=O)Nc2sc3c(c2C(N)=O)CCCC3)cc1. The van der Waals surface area contributed by atoms with E-state index >= 15 is 0 Å². The number of carbonyl (C=O) groups excluding carboxylic acids is 3. The molecular formula is C24H25N3O4S2. The highest BCUT2D eigenvalue weighted by Crippen LogP contribution is 2.37. The number of nitrogens with zero attached hydrogens (tertiary/aromatic N) is 1. The number of amides is 2. The summed E-state index contributed by atoms with van der Waals surface area (Å²) in [7, 11) is 0. The van der Waals surface area contributed by atoms with E-state index in [0.29, 0.717) is 10.6 Å². The number of rotatable bonds is 7. The second-order valence-corrected chi connectivity index (χ2v) is 10.4. The maximum absolute atomic E-state index is 12.5.